The number of hydrogen-bond donors (Lipinski definition) is 2. The fraction of sp³-hybridized carbons (Fsp3) is 0.579. The van der Waals surface area contributed by atoms with Crippen molar-refractivity contribution in [1.82, 2.24) is 10.2 Å². The van der Waals surface area contributed by atoms with Gasteiger partial charge in [0, 0.05) is 29.6 Å². The maximum atomic E-state index is 13.3. The number of aliphatic hydroxyl groups excluding tert-OH is 1. The van der Waals surface area contributed by atoms with Crippen molar-refractivity contribution < 1.29 is 23.8 Å². The molecule has 148 valence electrons. The third-order valence-corrected chi connectivity index (χ3v) is 5.52. The van der Waals surface area contributed by atoms with Crippen LogP contribution in [0.3, 0.4) is 0 Å². The van der Waals surface area contributed by atoms with Crippen molar-refractivity contribution in [3.63, 3.8) is 0 Å². The van der Waals surface area contributed by atoms with E-state index in [1.807, 2.05) is 0 Å². The van der Waals surface area contributed by atoms with E-state index in [4.69, 9.17) is 16.3 Å². The summed E-state index contributed by atoms with van der Waals surface area (Å²) in [6.07, 6.45) is -0.278. The van der Waals surface area contributed by atoms with Crippen molar-refractivity contribution in [2.24, 2.45) is 5.92 Å². The molecule has 0 spiro atoms. The lowest BCUT2D eigenvalue weighted by molar-refractivity contribution is -0.137. The molecule has 2 N–H and O–H groups in total. The summed E-state index contributed by atoms with van der Waals surface area (Å²) < 4.78 is 18.4. The van der Waals surface area contributed by atoms with Crippen molar-refractivity contribution >= 4 is 23.4 Å². The minimum Gasteiger partial charge on any atom is -0.497 e. The Balaban J connectivity index is 1.60. The van der Waals surface area contributed by atoms with Crippen LogP contribution in [0.15, 0.2) is 18.2 Å². The fourth-order valence-electron chi connectivity index (χ4n) is 3.76. The van der Waals surface area contributed by atoms with E-state index >= 15 is 0 Å². The second-order valence-electron chi connectivity index (χ2n) is 7.20. The maximum Gasteiger partial charge on any atom is 0.251 e. The Bertz CT molecular complexity index is 709. The molecule has 1 saturated carbocycles. The van der Waals surface area contributed by atoms with E-state index in [1.54, 1.807) is 17.0 Å². The molecule has 0 radical (unpaired) electrons. The van der Waals surface area contributed by atoms with Crippen molar-refractivity contribution in [3.8, 4) is 5.75 Å². The quantitative estimate of drug-likeness (QED) is 0.814. The number of alkyl halides is 1. The molecule has 2 amide bonds. The number of piperidine rings is 1. The summed E-state index contributed by atoms with van der Waals surface area (Å²) in [7, 11) is 1.48. The van der Waals surface area contributed by atoms with Crippen LogP contribution in [0, 0.1) is 5.92 Å². The number of nitrogens with one attached hydrogen (secondary N) is 1. The number of halogens is 2. The molecule has 0 bridgehead atoms. The van der Waals surface area contributed by atoms with Crippen LogP contribution < -0.4 is 10.1 Å². The Hall–Kier alpha value is -1.86. The maximum absolute atomic E-state index is 13.3. The number of ether oxygens (including phenoxy) is 1. The second kappa shape index (κ2) is 8.44. The van der Waals surface area contributed by atoms with Gasteiger partial charge in [0.25, 0.3) is 5.91 Å². The van der Waals surface area contributed by atoms with Crippen LogP contribution in [0.25, 0.3) is 0 Å². The third-order valence-electron chi connectivity index (χ3n) is 5.30. The van der Waals surface area contributed by atoms with E-state index in [1.165, 1.54) is 13.2 Å². The average Bonchev–Trinajstić information content (AvgIpc) is 3.01. The molecular formula is C19H24ClFN2O4. The molecule has 6 nitrogen and oxygen atoms in total. The Kier molecular flexibility index (Phi) is 6.22. The molecule has 1 aliphatic carbocycles. The number of nitrogens with zero attached hydrogens (tertiary/aromatic N) is 1. The monoisotopic (exact) mass is 398 g/mol. The van der Waals surface area contributed by atoms with Gasteiger partial charge >= 0.3 is 0 Å². The number of benzene rings is 1. The van der Waals surface area contributed by atoms with Crippen molar-refractivity contribution in [2.75, 3.05) is 20.2 Å². The molecule has 1 aromatic rings. The summed E-state index contributed by atoms with van der Waals surface area (Å²) in [4.78, 5) is 26.8. The largest absolute Gasteiger partial charge is 0.497 e. The zero-order valence-corrected chi connectivity index (χ0v) is 15.9. The molecular weight excluding hydrogens is 375 g/mol. The van der Waals surface area contributed by atoms with E-state index in [-0.39, 0.29) is 24.2 Å². The molecule has 0 unspecified atom stereocenters. The summed E-state index contributed by atoms with van der Waals surface area (Å²) in [6.45, 7) is 0.817. The third kappa shape index (κ3) is 4.71. The molecule has 1 saturated heterocycles. The second-order valence-corrected chi connectivity index (χ2v) is 7.63. The van der Waals surface area contributed by atoms with Crippen molar-refractivity contribution in [3.05, 3.63) is 28.8 Å². The lowest BCUT2D eigenvalue weighted by Crippen LogP contribution is -2.42. The van der Waals surface area contributed by atoms with E-state index in [2.05, 4.69) is 5.32 Å². The van der Waals surface area contributed by atoms with Crippen molar-refractivity contribution in [1.29, 1.82) is 0 Å². The number of amides is 2. The zero-order chi connectivity index (χ0) is 19.6. The van der Waals surface area contributed by atoms with Crippen molar-refractivity contribution in [2.45, 2.75) is 44.0 Å². The lowest BCUT2D eigenvalue weighted by Gasteiger charge is -2.30. The van der Waals surface area contributed by atoms with E-state index < -0.39 is 18.3 Å². The molecule has 0 aromatic heterocycles. The number of carbonyl (C=O) groups is 2. The first-order valence-corrected chi connectivity index (χ1v) is 9.51. The first-order chi connectivity index (χ1) is 12.9. The van der Waals surface area contributed by atoms with Crippen LogP contribution >= 0.6 is 11.6 Å². The normalized spacial score (nSPS) is 26.1. The average molecular weight is 399 g/mol. The molecule has 1 aromatic carbocycles. The number of hydrogen-bond acceptors (Lipinski definition) is 4. The summed E-state index contributed by atoms with van der Waals surface area (Å²) >= 11 is 5.99. The van der Waals surface area contributed by atoms with Gasteiger partial charge in [-0.2, -0.15) is 0 Å². The predicted octanol–water partition coefficient (Wildman–Crippen LogP) is 2.18. The van der Waals surface area contributed by atoms with Crippen LogP contribution in [0.2, 0.25) is 5.02 Å². The van der Waals surface area contributed by atoms with Gasteiger partial charge in [0.15, 0.2) is 0 Å². The molecule has 2 fully saturated rings. The predicted molar refractivity (Wildman–Crippen MR) is 98.7 cm³/mol. The smallest absolute Gasteiger partial charge is 0.251 e. The van der Waals surface area contributed by atoms with Crippen LogP contribution in [0.5, 0.6) is 5.75 Å². The molecule has 1 heterocycles. The number of aliphatic hydroxyl groups is 1. The summed E-state index contributed by atoms with van der Waals surface area (Å²) in [5.41, 5.74) is 0.325. The first kappa shape index (κ1) is 19.9. The Morgan fingerprint density at radius 3 is 2.63 bits per heavy atom. The SMILES string of the molecule is COc1cc(Cl)cc(C(=O)N[C@@H]2C[C@H](C(=O)N3CCC(F)CC3)C[C@H]2O)c1. The highest BCUT2D eigenvalue weighted by Crippen LogP contribution is 2.30. The number of carbonyl (C=O) groups excluding carboxylic acids is 2. The fourth-order valence-corrected chi connectivity index (χ4v) is 3.99. The Labute approximate surface area is 162 Å². The van der Waals surface area contributed by atoms with Crippen LogP contribution in [0.1, 0.15) is 36.0 Å². The molecule has 3 atom stereocenters. The lowest BCUT2D eigenvalue weighted by atomic mass is 10.0. The Morgan fingerprint density at radius 1 is 1.26 bits per heavy atom. The first-order valence-electron chi connectivity index (χ1n) is 9.13. The van der Waals surface area contributed by atoms with Crippen LogP contribution in [-0.4, -0.2) is 60.3 Å². The van der Waals surface area contributed by atoms with Gasteiger partial charge in [0.1, 0.15) is 11.9 Å². The van der Waals surface area contributed by atoms with Gasteiger partial charge in [-0.3, -0.25) is 9.59 Å². The van der Waals surface area contributed by atoms with Gasteiger partial charge < -0.3 is 20.1 Å². The summed E-state index contributed by atoms with van der Waals surface area (Å²) in [6, 6.07) is 4.16. The summed E-state index contributed by atoms with van der Waals surface area (Å²) in [5, 5.41) is 13.5. The molecule has 2 aliphatic rings. The van der Waals surface area contributed by atoms with E-state index in [0.29, 0.717) is 48.7 Å². The highest BCUT2D eigenvalue weighted by Gasteiger charge is 2.40. The highest BCUT2D eigenvalue weighted by atomic mass is 35.5. The Morgan fingerprint density at radius 2 is 1.96 bits per heavy atom. The van der Waals surface area contributed by atoms with Gasteiger partial charge in [-0.05, 0) is 43.9 Å². The van der Waals surface area contributed by atoms with Gasteiger partial charge in [-0.15, -0.1) is 0 Å². The van der Waals surface area contributed by atoms with Gasteiger partial charge in [-0.25, -0.2) is 4.39 Å². The van der Waals surface area contributed by atoms with Gasteiger partial charge in [-0.1, -0.05) is 11.6 Å². The zero-order valence-electron chi connectivity index (χ0n) is 15.2. The number of likely N-dealkylation sites (tertiary alicyclic amines) is 1. The summed E-state index contributed by atoms with van der Waals surface area (Å²) in [5.74, 6) is -0.354. The molecule has 27 heavy (non-hydrogen) atoms. The standard InChI is InChI=1S/C19H24ClFN2O4/c1-27-15-7-11(6-13(20)10-15)18(25)22-16-8-12(9-17(16)24)19(26)23-4-2-14(21)3-5-23/h6-7,10,12,14,16-17,24H,2-5,8-9H2,1H3,(H,22,25)/t12-,16+,17+/m0/s1. The van der Waals surface area contributed by atoms with Crippen LogP contribution in [-0.2, 0) is 4.79 Å². The van der Waals surface area contributed by atoms with Gasteiger partial charge in [0.2, 0.25) is 5.91 Å². The topological polar surface area (TPSA) is 78.9 Å². The molecule has 1 aliphatic heterocycles. The molecule has 3 rings (SSSR count). The molecule has 8 heteroatoms. The highest BCUT2D eigenvalue weighted by molar-refractivity contribution is 6.31. The minimum absolute atomic E-state index is 0.0675. The van der Waals surface area contributed by atoms with Gasteiger partial charge in [0.05, 0.1) is 19.3 Å². The number of rotatable bonds is 4. The van der Waals surface area contributed by atoms with Crippen LogP contribution in [0.4, 0.5) is 4.39 Å². The van der Waals surface area contributed by atoms with E-state index in [0.717, 1.165) is 0 Å². The minimum atomic E-state index is -0.843. The number of methoxy groups -OCH3 is 1. The van der Waals surface area contributed by atoms with E-state index in [9.17, 15) is 19.1 Å².